The van der Waals surface area contributed by atoms with E-state index in [0.29, 0.717) is 23.5 Å². The monoisotopic (exact) mass is 279 g/mol. The summed E-state index contributed by atoms with van der Waals surface area (Å²) >= 11 is 3.19. The fourth-order valence-corrected chi connectivity index (χ4v) is 1.96. The van der Waals surface area contributed by atoms with Crippen LogP contribution in [0.5, 0.6) is 0 Å². The molecule has 15 heavy (non-hydrogen) atoms. The molecule has 86 valence electrons. The van der Waals surface area contributed by atoms with E-state index in [1.54, 1.807) is 26.2 Å². The highest BCUT2D eigenvalue weighted by Gasteiger charge is 2.38. The third-order valence-electron chi connectivity index (χ3n) is 2.35. The summed E-state index contributed by atoms with van der Waals surface area (Å²) in [7, 11) is 3.54. The summed E-state index contributed by atoms with van der Waals surface area (Å²) in [6.45, 7) is 1.11. The predicted molar refractivity (Wildman–Crippen MR) is 61.7 cm³/mol. The van der Waals surface area contributed by atoms with Crippen molar-refractivity contribution in [3.8, 4) is 0 Å². The number of alkyl halides is 1. The number of nitrogens with two attached hydrogens (primary N) is 1. The largest absolute Gasteiger partial charge is 0.452 e. The minimum atomic E-state index is -1.11. The Morgan fingerprint density at radius 3 is 2.80 bits per heavy atom. The summed E-state index contributed by atoms with van der Waals surface area (Å²) in [6, 6.07) is 0. The molecule has 0 saturated carbocycles. The maximum Gasteiger partial charge on any atom is 0.293 e. The van der Waals surface area contributed by atoms with Crippen LogP contribution in [-0.2, 0) is 4.74 Å². The third kappa shape index (κ3) is 2.80. The first-order valence-corrected chi connectivity index (χ1v) is 5.68. The Kier molecular flexibility index (Phi) is 4.31. The van der Waals surface area contributed by atoms with Gasteiger partial charge in [-0.15, -0.1) is 0 Å². The van der Waals surface area contributed by atoms with Gasteiger partial charge in [-0.1, -0.05) is 0 Å². The molecule has 1 atom stereocenters. The Bertz CT molecular complexity index is 289. The van der Waals surface area contributed by atoms with E-state index in [2.05, 4.69) is 15.9 Å². The smallest absolute Gasteiger partial charge is 0.293 e. The van der Waals surface area contributed by atoms with Crippen LogP contribution >= 0.6 is 15.9 Å². The van der Waals surface area contributed by atoms with Crippen LogP contribution in [-0.4, -0.2) is 38.0 Å². The van der Waals surface area contributed by atoms with Gasteiger partial charge < -0.3 is 10.5 Å². The van der Waals surface area contributed by atoms with E-state index >= 15 is 0 Å². The van der Waals surface area contributed by atoms with Gasteiger partial charge in [-0.05, 0) is 35.0 Å². The summed E-state index contributed by atoms with van der Waals surface area (Å²) in [6.07, 6.45) is 3.14. The minimum Gasteiger partial charge on any atom is -0.452 e. The van der Waals surface area contributed by atoms with Crippen molar-refractivity contribution in [1.29, 1.82) is 0 Å². The highest BCUT2D eigenvalue weighted by Crippen LogP contribution is 2.31. The molecule has 0 bridgehead atoms. The Labute approximate surface area is 98.1 Å². The van der Waals surface area contributed by atoms with Gasteiger partial charge >= 0.3 is 0 Å². The van der Waals surface area contributed by atoms with Crippen LogP contribution in [0.4, 0.5) is 4.39 Å². The molecule has 0 fully saturated rings. The molecule has 0 aromatic carbocycles. The summed E-state index contributed by atoms with van der Waals surface area (Å²) in [5.74, 6) is 0.624. The number of nitrogens with zero attached hydrogens (tertiary/aromatic N) is 1. The molecule has 0 saturated heterocycles. The van der Waals surface area contributed by atoms with Crippen molar-refractivity contribution in [3.63, 3.8) is 0 Å². The van der Waals surface area contributed by atoms with Crippen molar-refractivity contribution >= 4 is 15.9 Å². The van der Waals surface area contributed by atoms with Gasteiger partial charge in [-0.2, -0.15) is 4.39 Å². The summed E-state index contributed by atoms with van der Waals surface area (Å²) < 4.78 is 19.9. The van der Waals surface area contributed by atoms with Crippen LogP contribution < -0.4 is 5.73 Å². The lowest BCUT2D eigenvalue weighted by atomic mass is 10.3. The number of ether oxygens (including phenoxy) is 1. The van der Waals surface area contributed by atoms with Gasteiger partial charge in [0, 0.05) is 6.08 Å². The first-order chi connectivity index (χ1) is 7.00. The zero-order valence-corrected chi connectivity index (χ0v) is 10.6. The van der Waals surface area contributed by atoms with Crippen molar-refractivity contribution in [2.75, 3.05) is 27.2 Å². The Morgan fingerprint density at radius 1 is 1.53 bits per heavy atom. The van der Waals surface area contributed by atoms with Crippen LogP contribution in [0.3, 0.4) is 0 Å². The number of likely N-dealkylation sites (N-methyl/N-ethyl adjacent to an activating group) is 1. The van der Waals surface area contributed by atoms with E-state index in [9.17, 15) is 4.39 Å². The molecule has 1 rings (SSSR count). The predicted octanol–water partition coefficient (Wildman–Crippen LogP) is 1.86. The van der Waals surface area contributed by atoms with E-state index in [1.165, 1.54) is 0 Å². The maximum atomic E-state index is 13.8. The molecular weight excluding hydrogens is 263 g/mol. The van der Waals surface area contributed by atoms with Crippen molar-refractivity contribution < 1.29 is 13.6 Å². The number of quaternary nitrogens is 1. The van der Waals surface area contributed by atoms with Gasteiger partial charge in [0.25, 0.3) is 12.2 Å². The summed E-state index contributed by atoms with van der Waals surface area (Å²) in [4.78, 5) is 0. The van der Waals surface area contributed by atoms with Crippen LogP contribution in [0, 0.1) is 0 Å². The normalized spacial score (nSPS) is 24.5. The number of rotatable bonds is 4. The Hall–Kier alpha value is -0.390. The van der Waals surface area contributed by atoms with E-state index in [4.69, 9.17) is 10.5 Å². The molecule has 2 N–H and O–H groups in total. The van der Waals surface area contributed by atoms with Crippen LogP contribution in [0.15, 0.2) is 22.5 Å². The molecule has 3 nitrogen and oxygen atoms in total. The molecule has 0 amide bonds. The van der Waals surface area contributed by atoms with Crippen molar-refractivity contribution in [1.82, 2.24) is 0 Å². The van der Waals surface area contributed by atoms with E-state index in [-0.39, 0.29) is 4.48 Å². The number of halogens is 2. The molecule has 5 heteroatoms. The molecule has 0 aliphatic carbocycles. The number of hydrogen-bond donors (Lipinski definition) is 1. The van der Waals surface area contributed by atoms with Gasteiger partial charge in [0.15, 0.2) is 0 Å². The van der Waals surface area contributed by atoms with Crippen molar-refractivity contribution in [2.45, 2.75) is 12.7 Å². The first kappa shape index (κ1) is 12.7. The lowest BCUT2D eigenvalue weighted by Gasteiger charge is -2.35. The minimum absolute atomic E-state index is 0.0711. The van der Waals surface area contributed by atoms with Crippen LogP contribution in [0.2, 0.25) is 0 Å². The molecule has 0 spiro atoms. The molecular formula is C10H17BrFN2O+. The fourth-order valence-electron chi connectivity index (χ4n) is 1.32. The molecule has 1 aliphatic rings. The highest BCUT2D eigenvalue weighted by atomic mass is 79.9. The first-order valence-electron chi connectivity index (χ1n) is 4.88. The zero-order chi connectivity index (χ0) is 11.5. The lowest BCUT2D eigenvalue weighted by molar-refractivity contribution is -0.902. The van der Waals surface area contributed by atoms with Crippen LogP contribution in [0.25, 0.3) is 0 Å². The van der Waals surface area contributed by atoms with Gasteiger partial charge in [0.05, 0.1) is 25.2 Å². The lowest BCUT2D eigenvalue weighted by Crippen LogP contribution is -2.47. The Morgan fingerprint density at radius 2 is 2.20 bits per heavy atom. The van der Waals surface area contributed by atoms with Gasteiger partial charge in [-0.3, -0.25) is 0 Å². The molecule has 0 radical (unpaired) electrons. The second-order valence-electron chi connectivity index (χ2n) is 3.92. The highest BCUT2D eigenvalue weighted by molar-refractivity contribution is 9.11. The third-order valence-corrected chi connectivity index (χ3v) is 2.99. The Balaban J connectivity index is 2.70. The van der Waals surface area contributed by atoms with Crippen molar-refractivity contribution in [3.05, 3.63) is 22.5 Å². The van der Waals surface area contributed by atoms with E-state index < -0.39 is 6.30 Å². The van der Waals surface area contributed by atoms with E-state index in [1.807, 2.05) is 0 Å². The molecule has 1 heterocycles. The van der Waals surface area contributed by atoms with Crippen molar-refractivity contribution in [2.24, 2.45) is 5.73 Å². The standard InChI is InChI=1S/C10H17BrFN2O/c1-14(2)9(15-7-3-6-13)5-4-8(11)10(14)12/h4-5,10H,3,6-7,13H2,1-2H3/q+1. The zero-order valence-electron chi connectivity index (χ0n) is 9.04. The molecule has 0 aromatic heterocycles. The molecule has 1 aliphatic heterocycles. The second-order valence-corrected chi connectivity index (χ2v) is 4.84. The van der Waals surface area contributed by atoms with E-state index in [0.717, 1.165) is 6.42 Å². The molecule has 0 aromatic rings. The second kappa shape index (κ2) is 5.09. The number of hydrogen-bond acceptors (Lipinski definition) is 2. The topological polar surface area (TPSA) is 35.2 Å². The average molecular weight is 280 g/mol. The van der Waals surface area contributed by atoms with Gasteiger partial charge in [-0.25, -0.2) is 4.48 Å². The summed E-state index contributed by atoms with van der Waals surface area (Å²) in [5, 5.41) is 0. The summed E-state index contributed by atoms with van der Waals surface area (Å²) in [5.41, 5.74) is 5.36. The SMILES string of the molecule is C[N+]1(C)C(OCCCN)=CC=C(Br)C1F. The fraction of sp³-hybridized carbons (Fsp3) is 0.600. The van der Waals surface area contributed by atoms with Crippen LogP contribution in [0.1, 0.15) is 6.42 Å². The number of allylic oxidation sites excluding steroid dienone is 2. The molecule has 1 unspecified atom stereocenters. The van der Waals surface area contributed by atoms with Gasteiger partial charge in [0.2, 0.25) is 0 Å². The maximum absolute atomic E-state index is 13.8. The van der Waals surface area contributed by atoms with Gasteiger partial charge in [0.1, 0.15) is 0 Å². The average Bonchev–Trinajstić information content (AvgIpc) is 2.19. The quantitative estimate of drug-likeness (QED) is 0.484.